The van der Waals surface area contributed by atoms with E-state index in [-0.39, 0.29) is 24.4 Å². The maximum absolute atomic E-state index is 14.9. The fourth-order valence-corrected chi connectivity index (χ4v) is 5.00. The van der Waals surface area contributed by atoms with Crippen molar-refractivity contribution in [3.63, 3.8) is 0 Å². The van der Waals surface area contributed by atoms with Gasteiger partial charge in [-0.2, -0.15) is 5.26 Å². The third-order valence-corrected chi connectivity index (χ3v) is 6.91. The Morgan fingerprint density at radius 3 is 2.68 bits per heavy atom. The molecule has 2 unspecified atom stereocenters. The fraction of sp³-hybridized carbons (Fsp3) is 0.207. The molecule has 1 aliphatic rings. The molecular formula is C29H22B3F2N7O3. The average molecular weight is 587 g/mol. The summed E-state index contributed by atoms with van der Waals surface area (Å²) in [4.78, 5) is 27.6. The van der Waals surface area contributed by atoms with Gasteiger partial charge in [0.15, 0.2) is 17.4 Å². The molecule has 15 heteroatoms. The molecule has 1 amide bonds. The first-order chi connectivity index (χ1) is 21.0. The van der Waals surface area contributed by atoms with Crippen LogP contribution in [-0.2, 0) is 0 Å². The third kappa shape index (κ3) is 6.41. The highest BCUT2D eigenvalue weighted by atomic mass is 19.1. The number of carbonyl (C=O) groups is 1. The second-order valence-electron chi connectivity index (χ2n) is 10.2. The molecule has 5 rings (SSSR count). The first kappa shape index (κ1) is 30.7. The minimum absolute atomic E-state index is 0.184. The van der Waals surface area contributed by atoms with Crippen LogP contribution in [0, 0.1) is 23.0 Å². The normalized spacial score (nSPS) is 16.4. The SMILES string of the molecule is [B]C([B])([B])Oc1c(F)ccc(F)c1-c1nccc(C(=O)Nc2ccc(-c3cnccc3C#N)cc2N2CC(N)CC2CO)n1. The summed E-state index contributed by atoms with van der Waals surface area (Å²) in [5, 5.41) is 20.1. The van der Waals surface area contributed by atoms with Crippen LogP contribution in [0.15, 0.2) is 61.1 Å². The third-order valence-electron chi connectivity index (χ3n) is 6.91. The number of aromatic nitrogens is 3. The van der Waals surface area contributed by atoms with Crippen LogP contribution in [0.4, 0.5) is 20.2 Å². The summed E-state index contributed by atoms with van der Waals surface area (Å²) in [5.74, 6) is -3.85. The van der Waals surface area contributed by atoms with Crippen molar-refractivity contribution in [1.29, 1.82) is 5.26 Å². The molecule has 1 saturated heterocycles. The van der Waals surface area contributed by atoms with E-state index in [1.807, 2.05) is 4.90 Å². The van der Waals surface area contributed by atoms with Crippen molar-refractivity contribution in [2.24, 2.45) is 5.73 Å². The molecule has 4 aromatic rings. The van der Waals surface area contributed by atoms with E-state index < -0.39 is 40.0 Å². The number of aliphatic hydroxyl groups excluding tert-OH is 1. The number of pyridine rings is 1. The molecule has 0 saturated carbocycles. The van der Waals surface area contributed by atoms with Gasteiger partial charge in [-0.25, -0.2) is 18.7 Å². The summed E-state index contributed by atoms with van der Waals surface area (Å²) in [7, 11) is 16.3. The van der Waals surface area contributed by atoms with Gasteiger partial charge in [-0.3, -0.25) is 9.78 Å². The topological polar surface area (TPSA) is 150 Å². The van der Waals surface area contributed by atoms with Crippen molar-refractivity contribution in [1.82, 2.24) is 15.0 Å². The molecule has 1 aliphatic heterocycles. The Morgan fingerprint density at radius 2 is 1.95 bits per heavy atom. The van der Waals surface area contributed by atoms with Crippen molar-refractivity contribution in [3.8, 4) is 34.3 Å². The molecule has 1 fully saturated rings. The number of aliphatic hydroxyl groups is 1. The molecular weight excluding hydrogens is 565 g/mol. The van der Waals surface area contributed by atoms with Gasteiger partial charge in [0.05, 0.1) is 41.2 Å². The Morgan fingerprint density at radius 1 is 1.18 bits per heavy atom. The van der Waals surface area contributed by atoms with Crippen molar-refractivity contribution >= 4 is 40.8 Å². The van der Waals surface area contributed by atoms with E-state index in [2.05, 4.69) is 26.3 Å². The molecule has 3 heterocycles. The number of carbonyl (C=O) groups excluding carboxylic acids is 1. The van der Waals surface area contributed by atoms with Gasteiger partial charge in [0.2, 0.25) is 0 Å². The van der Waals surface area contributed by atoms with Crippen molar-refractivity contribution in [3.05, 3.63) is 83.9 Å². The number of rotatable bonds is 8. The lowest BCUT2D eigenvalue weighted by Gasteiger charge is -2.28. The Bertz CT molecular complexity index is 1770. The lowest BCUT2D eigenvalue weighted by atomic mass is 9.52. The first-order valence-electron chi connectivity index (χ1n) is 13.3. The van der Waals surface area contributed by atoms with E-state index in [0.717, 1.165) is 12.1 Å². The predicted octanol–water partition coefficient (Wildman–Crippen LogP) is 2.00. The first-order valence-corrected chi connectivity index (χ1v) is 13.3. The minimum Gasteiger partial charge on any atom is -0.512 e. The zero-order valence-corrected chi connectivity index (χ0v) is 23.1. The number of hydrogen-bond acceptors (Lipinski definition) is 9. The van der Waals surface area contributed by atoms with Crippen LogP contribution in [0.25, 0.3) is 22.5 Å². The average Bonchev–Trinajstić information content (AvgIpc) is 3.39. The van der Waals surface area contributed by atoms with Gasteiger partial charge in [-0.1, -0.05) is 6.07 Å². The van der Waals surface area contributed by atoms with Crippen LogP contribution in [0.1, 0.15) is 22.5 Å². The van der Waals surface area contributed by atoms with Crippen molar-refractivity contribution < 1.29 is 23.4 Å². The molecule has 6 radical (unpaired) electrons. The number of nitrogens with one attached hydrogen (secondary N) is 1. The number of hydrogen-bond donors (Lipinski definition) is 3. The maximum Gasteiger partial charge on any atom is 0.274 e. The lowest BCUT2D eigenvalue weighted by molar-refractivity contribution is 0.102. The van der Waals surface area contributed by atoms with Gasteiger partial charge >= 0.3 is 0 Å². The van der Waals surface area contributed by atoms with Crippen LogP contribution in [-0.4, -0.2) is 80.0 Å². The standard InChI is InChI=1S/C29H22B3F2N7O3/c30-29(31,32)44-26-21(34)3-2-20(33)25(26)27-38-8-6-23(39-27)28(43)40-22-4-1-15(19-12-37-7-5-16(19)11-35)9-24(22)41-13-17(36)10-18(41)14-42/h1-9,12,17-18,42H,10,13-14,36H2,(H,40,43). The van der Waals surface area contributed by atoms with E-state index in [1.165, 1.54) is 18.5 Å². The van der Waals surface area contributed by atoms with Crippen molar-refractivity contribution in [2.75, 3.05) is 23.4 Å². The van der Waals surface area contributed by atoms with Gasteiger partial charge in [0.1, 0.15) is 35.0 Å². The molecule has 44 heavy (non-hydrogen) atoms. The summed E-state index contributed by atoms with van der Waals surface area (Å²) in [6.07, 6.45) is 4.77. The van der Waals surface area contributed by atoms with Crippen molar-refractivity contribution in [2.45, 2.75) is 23.8 Å². The molecule has 0 spiro atoms. The Hall–Kier alpha value is -4.80. The number of benzene rings is 2. The number of halogens is 2. The summed E-state index contributed by atoms with van der Waals surface area (Å²) in [5.41, 5.74) is 7.96. The van der Waals surface area contributed by atoms with Crippen LogP contribution >= 0.6 is 0 Å². The number of nitrogens with two attached hydrogens (primary N) is 1. The van der Waals surface area contributed by atoms with Crippen LogP contribution in [0.3, 0.4) is 0 Å². The Balaban J connectivity index is 1.54. The van der Waals surface area contributed by atoms with Crippen LogP contribution < -0.4 is 20.7 Å². The molecule has 2 aromatic carbocycles. The highest BCUT2D eigenvalue weighted by Crippen LogP contribution is 2.37. The van der Waals surface area contributed by atoms with Gasteiger partial charge < -0.3 is 25.8 Å². The monoisotopic (exact) mass is 587 g/mol. The van der Waals surface area contributed by atoms with E-state index in [0.29, 0.717) is 41.0 Å². The zero-order chi connectivity index (χ0) is 31.6. The zero-order valence-electron chi connectivity index (χ0n) is 23.1. The van der Waals surface area contributed by atoms with Gasteiger partial charge in [0.25, 0.3) is 5.91 Å². The number of nitriles is 1. The number of nitrogens with zero attached hydrogens (tertiary/aromatic N) is 5. The molecule has 0 aliphatic carbocycles. The molecule has 214 valence electrons. The summed E-state index contributed by atoms with van der Waals surface area (Å²) in [6.45, 7) is 0.204. The van der Waals surface area contributed by atoms with E-state index in [9.17, 15) is 23.9 Å². The smallest absolute Gasteiger partial charge is 0.274 e. The highest BCUT2D eigenvalue weighted by Gasteiger charge is 2.32. The van der Waals surface area contributed by atoms with Gasteiger partial charge in [-0.05, 0) is 53.7 Å². The highest BCUT2D eigenvalue weighted by molar-refractivity contribution is 6.58. The van der Waals surface area contributed by atoms with E-state index in [4.69, 9.17) is 34.0 Å². The molecule has 2 atom stereocenters. The van der Waals surface area contributed by atoms with E-state index in [1.54, 1.807) is 30.5 Å². The minimum atomic E-state index is -2.35. The van der Waals surface area contributed by atoms with Gasteiger partial charge in [0, 0.05) is 36.7 Å². The maximum atomic E-state index is 14.9. The quantitative estimate of drug-likeness (QED) is 0.263. The lowest BCUT2D eigenvalue weighted by Crippen LogP contribution is -2.38. The summed E-state index contributed by atoms with van der Waals surface area (Å²) in [6, 6.07) is 11.2. The second kappa shape index (κ2) is 12.4. The van der Waals surface area contributed by atoms with Crippen LogP contribution in [0.2, 0.25) is 0 Å². The van der Waals surface area contributed by atoms with E-state index >= 15 is 0 Å². The largest absolute Gasteiger partial charge is 0.512 e. The molecule has 0 bridgehead atoms. The summed E-state index contributed by atoms with van der Waals surface area (Å²) < 4.78 is 34.6. The number of ether oxygens (including phenoxy) is 1. The predicted molar refractivity (Wildman–Crippen MR) is 161 cm³/mol. The van der Waals surface area contributed by atoms with Crippen LogP contribution in [0.5, 0.6) is 5.75 Å². The second-order valence-corrected chi connectivity index (χ2v) is 10.2. The Kier molecular flexibility index (Phi) is 8.67. The fourth-order valence-electron chi connectivity index (χ4n) is 5.00. The number of anilines is 2. The van der Waals surface area contributed by atoms with Gasteiger partial charge in [-0.15, -0.1) is 0 Å². The molecule has 10 nitrogen and oxygen atoms in total. The molecule has 4 N–H and O–H groups in total. The number of amides is 1. The molecule has 2 aromatic heterocycles. The summed E-state index contributed by atoms with van der Waals surface area (Å²) >= 11 is 0. The Labute approximate surface area is 255 Å².